The molecule has 0 aliphatic carbocycles. The van der Waals surface area contributed by atoms with Crippen molar-refractivity contribution < 1.29 is 9.50 Å². The fourth-order valence-corrected chi connectivity index (χ4v) is 3.65. The minimum Gasteiger partial charge on any atom is -0.506 e. The molecule has 2 aromatic carbocycles. The summed E-state index contributed by atoms with van der Waals surface area (Å²) in [7, 11) is 0. The van der Waals surface area contributed by atoms with Gasteiger partial charge in [-0.05, 0) is 64.5 Å². The molecule has 0 saturated heterocycles. The third kappa shape index (κ3) is 4.26. The number of nitrogens with one attached hydrogen (secondary N) is 2. The van der Waals surface area contributed by atoms with E-state index in [2.05, 4.69) is 36.5 Å². The predicted octanol–water partition coefficient (Wildman–Crippen LogP) is 6.25. The van der Waals surface area contributed by atoms with Crippen LogP contribution in [0.5, 0.6) is 5.75 Å². The molecule has 0 fully saturated rings. The molecule has 0 saturated carbocycles. The predicted molar refractivity (Wildman–Crippen MR) is 117 cm³/mol. The van der Waals surface area contributed by atoms with Gasteiger partial charge >= 0.3 is 0 Å². The topological polar surface area (TPSA) is 70.1 Å². The van der Waals surface area contributed by atoms with Crippen LogP contribution in [0.15, 0.2) is 65.4 Å². The molecule has 0 aliphatic rings. The number of rotatable bonds is 5. The van der Waals surface area contributed by atoms with Gasteiger partial charge in [-0.15, -0.1) is 0 Å². The van der Waals surface area contributed by atoms with Crippen molar-refractivity contribution >= 4 is 55.5 Å². The molecular weight excluding hydrogens is 459 g/mol. The second-order valence-corrected chi connectivity index (χ2v) is 7.55. The number of fused-ring (bicyclic) bond motifs is 1. The van der Waals surface area contributed by atoms with Gasteiger partial charge in [0, 0.05) is 39.3 Å². The molecule has 3 N–H and O–H groups in total. The Hall–Kier alpha value is -2.90. The molecule has 8 heteroatoms. The van der Waals surface area contributed by atoms with E-state index in [4.69, 9.17) is 11.6 Å². The van der Waals surface area contributed by atoms with E-state index in [1.165, 1.54) is 12.1 Å². The van der Waals surface area contributed by atoms with Crippen molar-refractivity contribution in [3.05, 3.63) is 81.9 Å². The number of aromatic nitrogens is 2. The zero-order valence-electron chi connectivity index (χ0n) is 15.0. The highest BCUT2D eigenvalue weighted by Gasteiger charge is 2.10. The Kier molecular flexibility index (Phi) is 5.51. The van der Waals surface area contributed by atoms with Crippen LogP contribution in [0.4, 0.5) is 21.5 Å². The first kappa shape index (κ1) is 19.4. The third-order valence-corrected chi connectivity index (χ3v) is 5.22. The van der Waals surface area contributed by atoms with Gasteiger partial charge in [0.15, 0.2) is 0 Å². The quantitative estimate of drug-likeness (QED) is 0.320. The molecule has 0 unspecified atom stereocenters. The van der Waals surface area contributed by atoms with Crippen LogP contribution >= 0.6 is 27.5 Å². The molecule has 0 amide bonds. The van der Waals surface area contributed by atoms with Crippen LogP contribution in [0.1, 0.15) is 5.69 Å². The second kappa shape index (κ2) is 8.23. The van der Waals surface area contributed by atoms with Gasteiger partial charge in [0.1, 0.15) is 17.3 Å². The summed E-state index contributed by atoms with van der Waals surface area (Å²) >= 11 is 9.45. The standard InChI is InChI=1S/C21H15BrClFN4O/c22-15-9-13(27-11-19-20(29)2-1-6-25-19)8-14-18(5-7-26-21(14)15)28-12-3-4-17(24)16(23)10-12/h1-10,27,29H,11H2,(H,26,28). The lowest BCUT2D eigenvalue weighted by atomic mass is 10.1. The summed E-state index contributed by atoms with van der Waals surface area (Å²) in [6.45, 7) is 0.362. The maximum atomic E-state index is 13.4. The summed E-state index contributed by atoms with van der Waals surface area (Å²) in [5.74, 6) is -0.333. The van der Waals surface area contributed by atoms with Gasteiger partial charge in [-0.3, -0.25) is 9.97 Å². The first-order valence-corrected chi connectivity index (χ1v) is 9.85. The van der Waals surface area contributed by atoms with Crippen molar-refractivity contribution in [2.75, 3.05) is 10.6 Å². The van der Waals surface area contributed by atoms with Crippen LogP contribution in [0.2, 0.25) is 5.02 Å². The van der Waals surface area contributed by atoms with E-state index in [9.17, 15) is 9.50 Å². The molecule has 0 aliphatic heterocycles. The van der Waals surface area contributed by atoms with E-state index < -0.39 is 5.82 Å². The number of anilines is 3. The maximum absolute atomic E-state index is 13.4. The van der Waals surface area contributed by atoms with Gasteiger partial charge in [0.2, 0.25) is 0 Å². The zero-order chi connectivity index (χ0) is 20.4. The van der Waals surface area contributed by atoms with Crippen LogP contribution in [0, 0.1) is 5.82 Å². The lowest BCUT2D eigenvalue weighted by Gasteiger charge is -2.13. The number of halogens is 3. The maximum Gasteiger partial charge on any atom is 0.141 e. The Morgan fingerprint density at radius 3 is 2.69 bits per heavy atom. The summed E-state index contributed by atoms with van der Waals surface area (Å²) in [5.41, 5.74) is 3.60. The molecule has 146 valence electrons. The van der Waals surface area contributed by atoms with Gasteiger partial charge in [-0.1, -0.05) is 11.6 Å². The Labute approximate surface area is 179 Å². The average molecular weight is 474 g/mol. The normalized spacial score (nSPS) is 10.9. The van der Waals surface area contributed by atoms with Crippen molar-refractivity contribution in [3.63, 3.8) is 0 Å². The second-order valence-electron chi connectivity index (χ2n) is 6.29. The lowest BCUT2D eigenvalue weighted by Crippen LogP contribution is -2.02. The molecule has 29 heavy (non-hydrogen) atoms. The molecule has 2 aromatic heterocycles. The van der Waals surface area contributed by atoms with Gasteiger partial charge < -0.3 is 15.7 Å². The molecule has 4 rings (SSSR count). The van der Waals surface area contributed by atoms with E-state index in [-0.39, 0.29) is 10.8 Å². The summed E-state index contributed by atoms with van der Waals surface area (Å²) < 4.78 is 14.3. The van der Waals surface area contributed by atoms with Crippen molar-refractivity contribution in [1.82, 2.24) is 9.97 Å². The molecule has 4 aromatic rings. The fourth-order valence-electron chi connectivity index (χ4n) is 2.90. The Balaban J connectivity index is 1.67. The summed E-state index contributed by atoms with van der Waals surface area (Å²) in [6, 6.07) is 13.4. The monoisotopic (exact) mass is 472 g/mol. The lowest BCUT2D eigenvalue weighted by molar-refractivity contribution is 0.465. The van der Waals surface area contributed by atoms with E-state index in [0.717, 1.165) is 26.8 Å². The first-order valence-electron chi connectivity index (χ1n) is 8.68. The zero-order valence-corrected chi connectivity index (χ0v) is 17.3. The largest absolute Gasteiger partial charge is 0.506 e. The minimum absolute atomic E-state index is 0.0482. The van der Waals surface area contributed by atoms with Crippen LogP contribution in [-0.4, -0.2) is 15.1 Å². The highest BCUT2D eigenvalue weighted by Crippen LogP contribution is 2.33. The van der Waals surface area contributed by atoms with Gasteiger partial charge in [0.25, 0.3) is 0 Å². The van der Waals surface area contributed by atoms with Crippen LogP contribution in [0.25, 0.3) is 10.9 Å². The molecule has 2 heterocycles. The fraction of sp³-hybridized carbons (Fsp3) is 0.0476. The van der Waals surface area contributed by atoms with E-state index in [1.54, 1.807) is 30.6 Å². The third-order valence-electron chi connectivity index (χ3n) is 4.32. The SMILES string of the molecule is Oc1cccnc1CNc1cc(Br)c2nccc(Nc3ccc(F)c(Cl)c3)c2c1. The first-order chi connectivity index (χ1) is 14.0. The average Bonchev–Trinajstić information content (AvgIpc) is 2.71. The number of aromatic hydroxyl groups is 1. The molecule has 0 bridgehead atoms. The van der Waals surface area contributed by atoms with E-state index in [0.29, 0.717) is 17.9 Å². The number of nitrogens with zero attached hydrogens (tertiary/aromatic N) is 2. The summed E-state index contributed by atoms with van der Waals surface area (Å²) in [6.07, 6.45) is 3.33. The van der Waals surface area contributed by atoms with Crippen LogP contribution in [-0.2, 0) is 6.54 Å². The Morgan fingerprint density at radius 2 is 1.90 bits per heavy atom. The smallest absolute Gasteiger partial charge is 0.141 e. The van der Waals surface area contributed by atoms with Crippen LogP contribution < -0.4 is 10.6 Å². The summed E-state index contributed by atoms with van der Waals surface area (Å²) in [5, 5.41) is 17.3. The van der Waals surface area contributed by atoms with E-state index >= 15 is 0 Å². The van der Waals surface area contributed by atoms with Gasteiger partial charge in [-0.2, -0.15) is 0 Å². The number of hydrogen-bond acceptors (Lipinski definition) is 5. The minimum atomic E-state index is -0.469. The molecule has 0 atom stereocenters. The highest BCUT2D eigenvalue weighted by atomic mass is 79.9. The number of benzene rings is 2. The van der Waals surface area contributed by atoms with Gasteiger partial charge in [-0.25, -0.2) is 4.39 Å². The van der Waals surface area contributed by atoms with Crippen molar-refractivity contribution in [2.24, 2.45) is 0 Å². The number of pyridine rings is 2. The molecule has 5 nitrogen and oxygen atoms in total. The molecule has 0 spiro atoms. The van der Waals surface area contributed by atoms with E-state index in [1.807, 2.05) is 18.2 Å². The Morgan fingerprint density at radius 1 is 1.03 bits per heavy atom. The number of hydrogen-bond donors (Lipinski definition) is 3. The van der Waals surface area contributed by atoms with Crippen molar-refractivity contribution in [1.29, 1.82) is 0 Å². The summed E-state index contributed by atoms with van der Waals surface area (Å²) in [4.78, 5) is 8.61. The van der Waals surface area contributed by atoms with Gasteiger partial charge in [0.05, 0.1) is 17.1 Å². The highest BCUT2D eigenvalue weighted by molar-refractivity contribution is 9.10. The van der Waals surface area contributed by atoms with Crippen molar-refractivity contribution in [2.45, 2.75) is 6.54 Å². The van der Waals surface area contributed by atoms with Crippen LogP contribution in [0.3, 0.4) is 0 Å². The Bertz CT molecular complexity index is 1200. The van der Waals surface area contributed by atoms with Crippen molar-refractivity contribution in [3.8, 4) is 5.75 Å². The molecule has 0 radical (unpaired) electrons. The molecular formula is C21H15BrClFN4O.